The Morgan fingerprint density at radius 3 is 1.17 bits per heavy atom. The molecule has 0 radical (unpaired) electrons. The van der Waals surface area contributed by atoms with Gasteiger partial charge in [-0.3, -0.25) is 0 Å². The number of rotatable bonds is 23. The molecule has 4 rings (SSSR count). The molecule has 0 aromatic heterocycles. The number of ether oxygens (including phenoxy) is 2. The molecule has 0 amide bonds. The average molecular weight is 1030 g/mol. The number of unbranched alkanes of at least 4 members (excludes halogenated alkanes) is 5. The van der Waals surface area contributed by atoms with Crippen molar-refractivity contribution in [3.8, 4) is 23.0 Å². The van der Waals surface area contributed by atoms with Gasteiger partial charge in [0.15, 0.2) is 11.5 Å². The Bertz CT molecular complexity index is 2050. The molecule has 2 unspecified atom stereocenters. The number of hydrogen-bond acceptors (Lipinski definition) is 4. The molecule has 0 aliphatic rings. The first-order valence-corrected chi connectivity index (χ1v) is 25.8. The van der Waals surface area contributed by atoms with Gasteiger partial charge in [-0.1, -0.05) is 188 Å². The van der Waals surface area contributed by atoms with E-state index in [1.165, 1.54) is 44.9 Å². The first kappa shape index (κ1) is 59.4. The third-order valence-corrected chi connectivity index (χ3v) is 14.2. The second-order valence-electron chi connectivity index (χ2n) is 18.6. The van der Waals surface area contributed by atoms with E-state index in [1.54, 1.807) is 12.1 Å². The van der Waals surface area contributed by atoms with E-state index in [9.17, 15) is 10.2 Å². The van der Waals surface area contributed by atoms with Crippen LogP contribution in [-0.4, -0.2) is 23.4 Å². The Morgan fingerprint density at radius 1 is 0.500 bits per heavy atom. The van der Waals surface area contributed by atoms with Crippen molar-refractivity contribution in [3.05, 3.63) is 137 Å². The van der Waals surface area contributed by atoms with Gasteiger partial charge in [0.1, 0.15) is 11.5 Å². The largest absolute Gasteiger partial charge is 0.506 e. The quantitative estimate of drug-likeness (QED) is 0.0574. The fourth-order valence-corrected chi connectivity index (χ4v) is 8.90. The Hall–Kier alpha value is -2.70. The molecule has 4 aromatic rings. The third kappa shape index (κ3) is 18.3. The molecule has 2 N–H and O–H groups in total. The standard InChI is InChI=1S/C25H33Cl3O2.C22H25Cl3O2.C9H18/c1-6-16(2)10-8-7-9-11-30-24-21(27)14-19(15-22(24)28)25(4,5)18-12-17(3)23(29)20(26)13-18;1-5-6-7-8-9-27-21-18(24)12-16(13-19(21)25)22(3,4)15-10-14(2)20(26)17(23)11-15;1-4-6-7-8-9(3)5-2/h12-16,29H,6-11H2,1-5H3;5,10-13,26H,1,6-9H2,2-4H3;4,9H,1,5-8H2,2-3H3. The topological polar surface area (TPSA) is 58.9 Å². The van der Waals surface area contributed by atoms with Gasteiger partial charge in [0.25, 0.3) is 0 Å². The first-order valence-electron chi connectivity index (χ1n) is 23.5. The zero-order valence-electron chi connectivity index (χ0n) is 41.2. The normalized spacial score (nSPS) is 12.3. The maximum atomic E-state index is 9.98. The van der Waals surface area contributed by atoms with Crippen molar-refractivity contribution in [2.75, 3.05) is 13.2 Å². The molecule has 0 aliphatic heterocycles. The van der Waals surface area contributed by atoms with E-state index in [1.807, 2.05) is 62.4 Å². The van der Waals surface area contributed by atoms with Crippen LogP contribution in [-0.2, 0) is 10.8 Å². The minimum Gasteiger partial charge on any atom is -0.506 e. The number of hydrogen-bond donors (Lipinski definition) is 2. The smallest absolute Gasteiger partial charge is 0.156 e. The van der Waals surface area contributed by atoms with Crippen molar-refractivity contribution in [1.82, 2.24) is 0 Å². The van der Waals surface area contributed by atoms with Gasteiger partial charge >= 0.3 is 0 Å². The van der Waals surface area contributed by atoms with Crippen LogP contribution in [0.4, 0.5) is 0 Å². The lowest BCUT2D eigenvalue weighted by Crippen LogP contribution is -2.19. The zero-order valence-corrected chi connectivity index (χ0v) is 45.8. The monoisotopic (exact) mass is 1020 g/mol. The Labute approximate surface area is 429 Å². The molecule has 66 heavy (non-hydrogen) atoms. The van der Waals surface area contributed by atoms with Crippen molar-refractivity contribution < 1.29 is 19.7 Å². The lowest BCUT2D eigenvalue weighted by Gasteiger charge is -2.28. The average Bonchev–Trinajstić information content (AvgIpc) is 3.27. The molecule has 2 atom stereocenters. The SMILES string of the molecule is C=CCCCC(C)CC.C=CCCCCOc1c(Cl)cc(C(C)(C)c2cc(C)c(O)c(Cl)c2)cc1Cl.CCC(C)CCCCCOc1c(Cl)cc(C(C)(C)c2cc(C)c(O)c(Cl)c2)cc1Cl. The number of aromatic hydroxyl groups is 2. The molecule has 0 fully saturated rings. The molecule has 10 heteroatoms. The van der Waals surface area contributed by atoms with Crippen molar-refractivity contribution in [2.45, 2.75) is 157 Å². The Morgan fingerprint density at radius 2 is 0.818 bits per heavy atom. The van der Waals surface area contributed by atoms with Crippen molar-refractivity contribution in [1.29, 1.82) is 0 Å². The maximum absolute atomic E-state index is 9.98. The number of phenolic OH excluding ortho intramolecular Hbond substituents is 2. The molecular formula is C56H76Cl6O4. The summed E-state index contributed by atoms with van der Waals surface area (Å²) in [6, 6.07) is 15.0. The lowest BCUT2D eigenvalue weighted by atomic mass is 9.77. The summed E-state index contributed by atoms with van der Waals surface area (Å²) in [7, 11) is 0. The van der Waals surface area contributed by atoms with Crippen LogP contribution >= 0.6 is 69.6 Å². The first-order chi connectivity index (χ1) is 31.1. The summed E-state index contributed by atoms with van der Waals surface area (Å²) < 4.78 is 11.7. The summed E-state index contributed by atoms with van der Waals surface area (Å²) in [5, 5.41) is 22.6. The van der Waals surface area contributed by atoms with E-state index < -0.39 is 10.8 Å². The van der Waals surface area contributed by atoms with Crippen LogP contribution in [0.5, 0.6) is 23.0 Å². The van der Waals surface area contributed by atoms with E-state index in [0.717, 1.165) is 77.3 Å². The molecule has 366 valence electrons. The molecule has 4 nitrogen and oxygen atoms in total. The second-order valence-corrected chi connectivity index (χ2v) is 21.1. The van der Waals surface area contributed by atoms with Gasteiger partial charge in [0.2, 0.25) is 0 Å². The molecule has 0 spiro atoms. The molecule has 4 aromatic carbocycles. The van der Waals surface area contributed by atoms with E-state index in [-0.39, 0.29) is 11.5 Å². The number of allylic oxidation sites excluding steroid dienone is 2. The summed E-state index contributed by atoms with van der Waals surface area (Å²) in [6.45, 7) is 29.6. The van der Waals surface area contributed by atoms with Crippen LogP contribution in [0, 0.1) is 25.7 Å². The molecule has 0 aliphatic carbocycles. The lowest BCUT2D eigenvalue weighted by molar-refractivity contribution is 0.302. The maximum Gasteiger partial charge on any atom is 0.156 e. The predicted octanol–water partition coefficient (Wildman–Crippen LogP) is 20.1. The van der Waals surface area contributed by atoms with Gasteiger partial charge in [-0.05, 0) is 134 Å². The second kappa shape index (κ2) is 29.4. The third-order valence-electron chi connectivity index (χ3n) is 12.5. The number of benzene rings is 4. The molecule has 0 saturated heterocycles. The molecular weight excluding hydrogens is 949 g/mol. The van der Waals surface area contributed by atoms with Gasteiger partial charge < -0.3 is 19.7 Å². The fraction of sp³-hybridized carbons (Fsp3) is 0.500. The van der Waals surface area contributed by atoms with Crippen LogP contribution in [0.25, 0.3) is 0 Å². The Balaban J connectivity index is 0.000000384. The van der Waals surface area contributed by atoms with E-state index in [2.05, 4.69) is 68.5 Å². The van der Waals surface area contributed by atoms with Crippen LogP contribution in [0.1, 0.15) is 166 Å². The summed E-state index contributed by atoms with van der Waals surface area (Å²) in [5.41, 5.74) is 4.50. The highest BCUT2D eigenvalue weighted by atomic mass is 35.5. The Kier molecular flexibility index (Phi) is 26.4. The number of aryl methyl sites for hydroxylation is 2. The van der Waals surface area contributed by atoms with Crippen molar-refractivity contribution in [2.24, 2.45) is 11.8 Å². The zero-order chi connectivity index (χ0) is 49.8. The van der Waals surface area contributed by atoms with E-state index in [0.29, 0.717) is 54.8 Å². The molecule has 0 bridgehead atoms. The fourth-order valence-electron chi connectivity index (χ4n) is 7.18. The minimum absolute atomic E-state index is 0.104. The number of phenols is 2. The summed E-state index contributed by atoms with van der Waals surface area (Å²) in [5.74, 6) is 2.96. The summed E-state index contributed by atoms with van der Waals surface area (Å²) in [4.78, 5) is 0. The minimum atomic E-state index is -0.405. The van der Waals surface area contributed by atoms with Crippen LogP contribution in [0.15, 0.2) is 73.8 Å². The van der Waals surface area contributed by atoms with Gasteiger partial charge in [0, 0.05) is 10.8 Å². The van der Waals surface area contributed by atoms with Gasteiger partial charge in [0.05, 0.1) is 43.3 Å². The predicted molar refractivity (Wildman–Crippen MR) is 289 cm³/mol. The highest BCUT2D eigenvalue weighted by molar-refractivity contribution is 6.38. The summed E-state index contributed by atoms with van der Waals surface area (Å²) >= 11 is 38.4. The molecule has 0 saturated carbocycles. The van der Waals surface area contributed by atoms with Gasteiger partial charge in [-0.15, -0.1) is 13.2 Å². The van der Waals surface area contributed by atoms with Crippen molar-refractivity contribution >= 4 is 69.6 Å². The highest BCUT2D eigenvalue weighted by Gasteiger charge is 2.28. The van der Waals surface area contributed by atoms with Gasteiger partial charge in [-0.25, -0.2) is 0 Å². The summed E-state index contributed by atoms with van der Waals surface area (Å²) in [6.07, 6.45) is 17.8. The van der Waals surface area contributed by atoms with Crippen molar-refractivity contribution in [3.63, 3.8) is 0 Å². The van der Waals surface area contributed by atoms with Crippen LogP contribution in [0.3, 0.4) is 0 Å². The molecule has 0 heterocycles. The van der Waals surface area contributed by atoms with Gasteiger partial charge in [-0.2, -0.15) is 0 Å². The van der Waals surface area contributed by atoms with Crippen LogP contribution in [0.2, 0.25) is 30.1 Å². The van der Waals surface area contributed by atoms with E-state index in [4.69, 9.17) is 79.1 Å². The van der Waals surface area contributed by atoms with Crippen LogP contribution < -0.4 is 9.47 Å². The number of halogens is 6. The van der Waals surface area contributed by atoms with E-state index >= 15 is 0 Å². The highest BCUT2D eigenvalue weighted by Crippen LogP contribution is 2.44.